The number of nitrogens with one attached hydrogen (secondary N) is 1. The second kappa shape index (κ2) is 6.17. The lowest BCUT2D eigenvalue weighted by molar-refractivity contribution is -0.138. The molecule has 1 aromatic carbocycles. The second-order valence-electron chi connectivity index (χ2n) is 10.7. The monoisotopic (exact) mass is 414 g/mol. The van der Waals surface area contributed by atoms with E-state index in [1.165, 1.54) is 19.3 Å². The molecule has 5 nitrogen and oxygen atoms in total. The van der Waals surface area contributed by atoms with Crippen molar-refractivity contribution in [3.8, 4) is 0 Å². The van der Waals surface area contributed by atoms with Crippen molar-refractivity contribution in [2.75, 3.05) is 0 Å². The van der Waals surface area contributed by atoms with Crippen LogP contribution in [0, 0.1) is 23.2 Å². The van der Waals surface area contributed by atoms with Crippen molar-refractivity contribution in [3.05, 3.63) is 35.4 Å². The van der Waals surface area contributed by atoms with Crippen LogP contribution in [-0.4, -0.2) is 19.7 Å². The minimum Gasteiger partial charge on any atom is -0.379 e. The van der Waals surface area contributed by atoms with Crippen LogP contribution in [0.1, 0.15) is 63.5 Å². The fourth-order valence-corrected chi connectivity index (χ4v) is 7.44. The predicted octanol–water partition coefficient (Wildman–Crippen LogP) is 3.38. The second-order valence-corrected chi connectivity index (χ2v) is 12.2. The highest BCUT2D eigenvalue weighted by Crippen LogP contribution is 2.60. The van der Waals surface area contributed by atoms with E-state index in [0.29, 0.717) is 17.8 Å². The largest absolute Gasteiger partial charge is 0.379 e. The minimum absolute atomic E-state index is 0.0888. The molecule has 0 aromatic heterocycles. The Morgan fingerprint density at radius 1 is 1.10 bits per heavy atom. The van der Waals surface area contributed by atoms with Gasteiger partial charge in [-0.3, -0.25) is 4.79 Å². The highest BCUT2D eigenvalue weighted by molar-refractivity contribution is 7.89. The van der Waals surface area contributed by atoms with Crippen molar-refractivity contribution in [2.24, 2.45) is 28.3 Å². The molecule has 0 unspecified atom stereocenters. The number of sulfonamides is 1. The van der Waals surface area contributed by atoms with Gasteiger partial charge < -0.3 is 5.32 Å². The fourth-order valence-electron chi connectivity index (χ4n) is 6.90. The molecule has 4 saturated carbocycles. The van der Waals surface area contributed by atoms with Crippen LogP contribution in [0.5, 0.6) is 0 Å². The van der Waals surface area contributed by atoms with E-state index in [0.717, 1.165) is 42.5 Å². The third kappa shape index (κ3) is 3.34. The number of carbonyl (C=O) groups excluding carboxylic acids is 1. The molecule has 0 radical (unpaired) electrons. The smallest absolute Gasteiger partial charge is 0.238 e. The van der Waals surface area contributed by atoms with Gasteiger partial charge in [0.05, 0.1) is 4.90 Å². The summed E-state index contributed by atoms with van der Waals surface area (Å²) < 4.78 is 23.8. The maximum absolute atomic E-state index is 13.6. The van der Waals surface area contributed by atoms with Gasteiger partial charge in [-0.05, 0) is 94.2 Å². The Kier molecular flexibility index (Phi) is 4.11. The van der Waals surface area contributed by atoms with Gasteiger partial charge in [0.25, 0.3) is 0 Å². The van der Waals surface area contributed by atoms with Crippen molar-refractivity contribution >= 4 is 21.5 Å². The Balaban J connectivity index is 1.55. The van der Waals surface area contributed by atoms with E-state index in [4.69, 9.17) is 5.14 Å². The molecule has 3 N–H and O–H groups in total. The molecular formula is C23H30N2O3S. The average Bonchev–Trinajstić information content (AvgIpc) is 2.58. The molecular weight excluding hydrogens is 384 g/mol. The first-order valence-corrected chi connectivity index (χ1v) is 12.3. The Hall–Kier alpha value is -1.66. The van der Waals surface area contributed by atoms with Gasteiger partial charge in [-0.15, -0.1) is 0 Å². The number of fused-ring (bicyclic) bond motifs is 1. The molecule has 0 spiro atoms. The molecule has 4 aliphatic carbocycles. The summed E-state index contributed by atoms with van der Waals surface area (Å²) in [5, 5.41) is 8.85. The van der Waals surface area contributed by atoms with Gasteiger partial charge in [-0.1, -0.05) is 6.07 Å². The third-order valence-corrected chi connectivity index (χ3v) is 8.55. The summed E-state index contributed by atoms with van der Waals surface area (Å²) in [6.45, 7) is 4.21. The van der Waals surface area contributed by atoms with Gasteiger partial charge in [0.2, 0.25) is 10.0 Å². The zero-order valence-corrected chi connectivity index (χ0v) is 18.0. The molecule has 4 bridgehead atoms. The minimum atomic E-state index is -3.79. The number of carbonyl (C=O) groups is 1. The fraction of sp³-hybridized carbons (Fsp3) is 0.609. The van der Waals surface area contributed by atoms with E-state index < -0.39 is 10.0 Å². The number of allylic oxidation sites excluding steroid dienone is 1. The van der Waals surface area contributed by atoms with Gasteiger partial charge in [-0.25, -0.2) is 13.6 Å². The van der Waals surface area contributed by atoms with E-state index in [9.17, 15) is 13.2 Å². The molecule has 1 aromatic rings. The molecule has 0 amide bonds. The normalized spacial score (nSPS) is 36.0. The number of nitrogens with two attached hydrogens (primary N) is 1. The van der Waals surface area contributed by atoms with E-state index in [1.807, 2.05) is 6.07 Å². The van der Waals surface area contributed by atoms with Crippen LogP contribution in [0.15, 0.2) is 29.2 Å². The highest BCUT2D eigenvalue weighted by Gasteiger charge is 2.54. The van der Waals surface area contributed by atoms with Crippen LogP contribution >= 0.6 is 0 Å². The molecule has 0 atom stereocenters. The standard InChI is InChI=1S/C23H30N2O3S/c1-22(2)13-17-3-4-18(29(24,27)28)8-19(17)20(25-22)9-21(26)23-10-14-5-15(11-23)7-16(6-14)12-23/h3-4,8-9,14-16,25H,5-7,10-13H2,1-2H3,(H2,24,27,28)/b20-9-. The SMILES string of the molecule is CC1(C)Cc2ccc(S(N)(=O)=O)cc2/C(=C/C(=O)C23CC4CC(CC(C4)C2)C3)N1. The first kappa shape index (κ1) is 19.3. The molecule has 4 fully saturated rings. The van der Waals surface area contributed by atoms with Crippen molar-refractivity contribution in [1.29, 1.82) is 0 Å². The molecule has 0 saturated heterocycles. The summed E-state index contributed by atoms with van der Waals surface area (Å²) in [5.41, 5.74) is 2.16. The lowest BCUT2D eigenvalue weighted by Crippen LogP contribution is -2.50. The van der Waals surface area contributed by atoms with Crippen LogP contribution in [0.3, 0.4) is 0 Å². The highest BCUT2D eigenvalue weighted by atomic mass is 32.2. The third-order valence-electron chi connectivity index (χ3n) is 7.64. The molecule has 1 aliphatic heterocycles. The van der Waals surface area contributed by atoms with Crippen molar-refractivity contribution < 1.29 is 13.2 Å². The number of hydrogen-bond acceptors (Lipinski definition) is 4. The van der Waals surface area contributed by atoms with Gasteiger partial charge in [0, 0.05) is 28.3 Å². The zero-order valence-electron chi connectivity index (χ0n) is 17.2. The van der Waals surface area contributed by atoms with Gasteiger partial charge >= 0.3 is 0 Å². The van der Waals surface area contributed by atoms with Crippen molar-refractivity contribution in [3.63, 3.8) is 0 Å². The van der Waals surface area contributed by atoms with Crippen molar-refractivity contribution in [2.45, 2.75) is 69.2 Å². The number of primary sulfonamides is 1. The molecule has 6 heteroatoms. The van der Waals surface area contributed by atoms with Crippen LogP contribution in [0.2, 0.25) is 0 Å². The first-order chi connectivity index (χ1) is 13.5. The van der Waals surface area contributed by atoms with Gasteiger partial charge in [0.1, 0.15) is 0 Å². The van der Waals surface area contributed by atoms with E-state index >= 15 is 0 Å². The summed E-state index contributed by atoms with van der Waals surface area (Å²) in [7, 11) is -3.79. The Bertz CT molecular complexity index is 987. The van der Waals surface area contributed by atoms with Crippen LogP contribution in [-0.2, 0) is 21.2 Å². The quantitative estimate of drug-likeness (QED) is 0.742. The maximum atomic E-state index is 13.6. The van der Waals surface area contributed by atoms with Crippen LogP contribution in [0.25, 0.3) is 5.70 Å². The molecule has 5 aliphatic rings. The predicted molar refractivity (Wildman–Crippen MR) is 112 cm³/mol. The number of benzene rings is 1. The van der Waals surface area contributed by atoms with Gasteiger partial charge in [0.15, 0.2) is 5.78 Å². The number of rotatable bonds is 3. The summed E-state index contributed by atoms with van der Waals surface area (Å²) in [6, 6.07) is 5.01. The maximum Gasteiger partial charge on any atom is 0.238 e. The zero-order chi connectivity index (χ0) is 20.6. The Morgan fingerprint density at radius 2 is 1.69 bits per heavy atom. The van der Waals surface area contributed by atoms with E-state index in [2.05, 4.69) is 19.2 Å². The average molecular weight is 415 g/mol. The lowest BCUT2D eigenvalue weighted by atomic mass is 9.48. The molecule has 6 rings (SSSR count). The topological polar surface area (TPSA) is 89.3 Å². The molecule has 1 heterocycles. The number of hydrogen-bond donors (Lipinski definition) is 2. The molecule has 156 valence electrons. The van der Waals surface area contributed by atoms with Crippen molar-refractivity contribution in [1.82, 2.24) is 5.32 Å². The number of ketones is 1. The Labute approximate surface area is 173 Å². The summed E-state index contributed by atoms with van der Waals surface area (Å²) in [6.07, 6.45) is 9.51. The first-order valence-electron chi connectivity index (χ1n) is 10.7. The summed E-state index contributed by atoms with van der Waals surface area (Å²) >= 11 is 0. The molecule has 29 heavy (non-hydrogen) atoms. The lowest BCUT2D eigenvalue weighted by Gasteiger charge is -2.55. The van der Waals surface area contributed by atoms with Crippen LogP contribution in [0.4, 0.5) is 0 Å². The van der Waals surface area contributed by atoms with E-state index in [1.54, 1.807) is 18.2 Å². The summed E-state index contributed by atoms with van der Waals surface area (Å²) in [4.78, 5) is 13.7. The van der Waals surface area contributed by atoms with Crippen LogP contribution < -0.4 is 10.5 Å². The summed E-state index contributed by atoms with van der Waals surface area (Å²) in [5.74, 6) is 2.35. The van der Waals surface area contributed by atoms with Gasteiger partial charge in [-0.2, -0.15) is 0 Å². The van der Waals surface area contributed by atoms with E-state index in [-0.39, 0.29) is 21.6 Å². The Morgan fingerprint density at radius 3 is 2.24 bits per heavy atom.